The fourth-order valence-electron chi connectivity index (χ4n) is 2.60. The fourth-order valence-corrected chi connectivity index (χ4v) is 2.60. The van der Waals surface area contributed by atoms with E-state index in [2.05, 4.69) is 17.6 Å². The maximum Gasteiger partial charge on any atom is 0.317 e. The van der Waals surface area contributed by atoms with Crippen molar-refractivity contribution in [2.24, 2.45) is 0 Å². The van der Waals surface area contributed by atoms with Crippen molar-refractivity contribution in [3.8, 4) is 0 Å². The molecular weight excluding hydrogens is 214 g/mol. The first kappa shape index (κ1) is 12.7. The molecule has 2 amide bonds. The topological polar surface area (TPSA) is 44.4 Å². The van der Waals surface area contributed by atoms with Gasteiger partial charge in [-0.25, -0.2) is 4.79 Å². The highest BCUT2D eigenvalue weighted by molar-refractivity contribution is 5.75. The number of piperidine rings is 1. The molecule has 1 aliphatic carbocycles. The minimum atomic E-state index is 0.158. The van der Waals surface area contributed by atoms with E-state index >= 15 is 0 Å². The second-order valence-corrected chi connectivity index (χ2v) is 5.27. The highest BCUT2D eigenvalue weighted by Crippen LogP contribution is 2.19. The summed E-state index contributed by atoms with van der Waals surface area (Å²) in [6.45, 7) is 5.07. The van der Waals surface area contributed by atoms with Gasteiger partial charge >= 0.3 is 6.03 Å². The summed E-state index contributed by atoms with van der Waals surface area (Å²) in [4.78, 5) is 14.3. The lowest BCUT2D eigenvalue weighted by molar-refractivity contribution is 0.152. The third-order valence-corrected chi connectivity index (χ3v) is 3.87. The predicted molar refractivity (Wildman–Crippen MR) is 69.1 cm³/mol. The van der Waals surface area contributed by atoms with Crippen LogP contribution in [0.25, 0.3) is 0 Å². The van der Waals surface area contributed by atoms with Crippen molar-refractivity contribution in [1.82, 2.24) is 15.5 Å². The lowest BCUT2D eigenvalue weighted by atomic mass is 9.93. The Hall–Kier alpha value is -0.770. The second kappa shape index (κ2) is 6.24. The molecule has 2 fully saturated rings. The molecule has 2 N–H and O–H groups in total. The molecular formula is C13H25N3O. The number of urea groups is 1. The molecule has 0 radical (unpaired) electrons. The van der Waals surface area contributed by atoms with Gasteiger partial charge in [0.1, 0.15) is 0 Å². The summed E-state index contributed by atoms with van der Waals surface area (Å²) in [7, 11) is 0. The van der Waals surface area contributed by atoms with Gasteiger partial charge in [-0.05, 0) is 45.1 Å². The van der Waals surface area contributed by atoms with Gasteiger partial charge in [-0.1, -0.05) is 6.92 Å². The van der Waals surface area contributed by atoms with E-state index in [-0.39, 0.29) is 6.03 Å². The number of rotatable bonds is 4. The van der Waals surface area contributed by atoms with E-state index in [1.165, 1.54) is 12.8 Å². The van der Waals surface area contributed by atoms with Crippen molar-refractivity contribution in [2.45, 2.75) is 57.5 Å². The molecule has 4 heteroatoms. The summed E-state index contributed by atoms with van der Waals surface area (Å²) in [5.41, 5.74) is 0. The summed E-state index contributed by atoms with van der Waals surface area (Å²) in [6.07, 6.45) is 6.95. The number of nitrogens with zero attached hydrogens (tertiary/aromatic N) is 1. The molecule has 1 saturated carbocycles. The largest absolute Gasteiger partial charge is 0.335 e. The van der Waals surface area contributed by atoms with E-state index in [4.69, 9.17) is 0 Å². The van der Waals surface area contributed by atoms with Gasteiger partial charge in [0.05, 0.1) is 0 Å². The van der Waals surface area contributed by atoms with Crippen LogP contribution >= 0.6 is 0 Å². The molecule has 1 atom stereocenters. The number of carbonyl (C=O) groups is 1. The lowest BCUT2D eigenvalue weighted by Gasteiger charge is -2.37. The lowest BCUT2D eigenvalue weighted by Crippen LogP contribution is -2.54. The van der Waals surface area contributed by atoms with Gasteiger partial charge in [-0.3, -0.25) is 0 Å². The average Bonchev–Trinajstić information content (AvgIpc) is 2.31. The SMILES string of the molecule is CCCN(C(=O)NC1CCC1)C1CCCNC1. The standard InChI is InChI=1S/C13H25N3O/c1-2-9-16(12-7-4-8-14-10-12)13(17)15-11-5-3-6-11/h11-12,14H,2-10H2,1H3,(H,15,17). The predicted octanol–water partition coefficient (Wildman–Crippen LogP) is 1.71. The average molecular weight is 239 g/mol. The van der Waals surface area contributed by atoms with Crippen LogP contribution in [0.4, 0.5) is 4.79 Å². The Bertz CT molecular complexity index is 247. The molecule has 2 rings (SSSR count). The first-order chi connectivity index (χ1) is 8.31. The van der Waals surface area contributed by atoms with Crippen molar-refractivity contribution in [3.63, 3.8) is 0 Å². The first-order valence-electron chi connectivity index (χ1n) is 7.09. The molecule has 0 aromatic heterocycles. The van der Waals surface area contributed by atoms with Crippen molar-refractivity contribution in [3.05, 3.63) is 0 Å². The Balaban J connectivity index is 1.86. The van der Waals surface area contributed by atoms with E-state index < -0.39 is 0 Å². The quantitative estimate of drug-likeness (QED) is 0.784. The van der Waals surface area contributed by atoms with Crippen LogP contribution in [0.3, 0.4) is 0 Å². The molecule has 0 spiro atoms. The van der Waals surface area contributed by atoms with Crippen molar-refractivity contribution in [2.75, 3.05) is 19.6 Å². The van der Waals surface area contributed by atoms with Crippen LogP contribution < -0.4 is 10.6 Å². The summed E-state index contributed by atoms with van der Waals surface area (Å²) >= 11 is 0. The summed E-state index contributed by atoms with van der Waals surface area (Å²) in [5, 5.41) is 6.55. The Morgan fingerprint density at radius 2 is 2.18 bits per heavy atom. The van der Waals surface area contributed by atoms with Gasteiger partial charge in [0.2, 0.25) is 0 Å². The molecule has 1 saturated heterocycles. The van der Waals surface area contributed by atoms with E-state index in [0.717, 1.165) is 45.3 Å². The van der Waals surface area contributed by atoms with Gasteiger partial charge in [0.25, 0.3) is 0 Å². The first-order valence-corrected chi connectivity index (χ1v) is 7.09. The fraction of sp³-hybridized carbons (Fsp3) is 0.923. The van der Waals surface area contributed by atoms with Gasteiger partial charge < -0.3 is 15.5 Å². The zero-order valence-electron chi connectivity index (χ0n) is 10.9. The van der Waals surface area contributed by atoms with Crippen LogP contribution in [0.1, 0.15) is 45.4 Å². The van der Waals surface area contributed by atoms with E-state index in [1.54, 1.807) is 0 Å². The van der Waals surface area contributed by atoms with Crippen molar-refractivity contribution < 1.29 is 4.79 Å². The maximum absolute atomic E-state index is 12.2. The van der Waals surface area contributed by atoms with E-state index in [9.17, 15) is 4.79 Å². The van der Waals surface area contributed by atoms with Crippen LogP contribution in [0.2, 0.25) is 0 Å². The highest BCUT2D eigenvalue weighted by atomic mass is 16.2. The molecule has 0 aromatic carbocycles. The maximum atomic E-state index is 12.2. The monoisotopic (exact) mass is 239 g/mol. The smallest absolute Gasteiger partial charge is 0.317 e. The second-order valence-electron chi connectivity index (χ2n) is 5.27. The normalized spacial score (nSPS) is 25.1. The minimum Gasteiger partial charge on any atom is -0.335 e. The molecule has 0 bridgehead atoms. The van der Waals surface area contributed by atoms with Gasteiger partial charge in [0.15, 0.2) is 0 Å². The number of hydrogen-bond donors (Lipinski definition) is 2. The van der Waals surface area contributed by atoms with Gasteiger partial charge in [-0.2, -0.15) is 0 Å². The Morgan fingerprint density at radius 1 is 1.35 bits per heavy atom. The summed E-state index contributed by atoms with van der Waals surface area (Å²) < 4.78 is 0. The van der Waals surface area contributed by atoms with Crippen LogP contribution in [-0.4, -0.2) is 42.6 Å². The van der Waals surface area contributed by atoms with Gasteiger partial charge in [-0.15, -0.1) is 0 Å². The third kappa shape index (κ3) is 3.35. The van der Waals surface area contributed by atoms with Gasteiger partial charge in [0, 0.05) is 25.2 Å². The zero-order valence-corrected chi connectivity index (χ0v) is 10.9. The molecule has 0 aromatic rings. The number of hydrogen-bond acceptors (Lipinski definition) is 2. The number of nitrogens with one attached hydrogen (secondary N) is 2. The van der Waals surface area contributed by atoms with Crippen LogP contribution in [0, 0.1) is 0 Å². The van der Waals surface area contributed by atoms with Crippen LogP contribution in [0.15, 0.2) is 0 Å². The summed E-state index contributed by atoms with van der Waals surface area (Å²) in [6, 6.07) is 0.993. The molecule has 98 valence electrons. The van der Waals surface area contributed by atoms with E-state index in [0.29, 0.717) is 12.1 Å². The molecule has 4 nitrogen and oxygen atoms in total. The molecule has 1 aliphatic heterocycles. The molecule has 17 heavy (non-hydrogen) atoms. The molecule has 1 unspecified atom stereocenters. The van der Waals surface area contributed by atoms with Crippen molar-refractivity contribution >= 4 is 6.03 Å². The Kier molecular flexibility index (Phi) is 4.66. The Labute approximate surface area is 104 Å². The minimum absolute atomic E-state index is 0.158. The van der Waals surface area contributed by atoms with E-state index in [1.807, 2.05) is 4.90 Å². The van der Waals surface area contributed by atoms with Crippen LogP contribution in [0.5, 0.6) is 0 Å². The zero-order chi connectivity index (χ0) is 12.1. The van der Waals surface area contributed by atoms with Crippen molar-refractivity contribution in [1.29, 1.82) is 0 Å². The summed E-state index contributed by atoms with van der Waals surface area (Å²) in [5.74, 6) is 0. The third-order valence-electron chi connectivity index (χ3n) is 3.87. The highest BCUT2D eigenvalue weighted by Gasteiger charge is 2.27. The molecule has 1 heterocycles. The number of amides is 2. The number of carbonyl (C=O) groups excluding carboxylic acids is 1. The molecule has 2 aliphatic rings. The van der Waals surface area contributed by atoms with Crippen LogP contribution in [-0.2, 0) is 0 Å². The Morgan fingerprint density at radius 3 is 2.71 bits per heavy atom.